The third-order valence-corrected chi connectivity index (χ3v) is 4.28. The standard InChI is InChI=1S/C20H21FN2O4/c21-17-8-4-5-9-18(17)22-10-12-23(13-11-22)19(24)14-27-20(25)15-26-16-6-2-1-3-7-16/h1-9H,10-15H2. The molecule has 0 saturated carbocycles. The van der Waals surface area contributed by atoms with Gasteiger partial charge in [-0.15, -0.1) is 0 Å². The van der Waals surface area contributed by atoms with E-state index in [1.165, 1.54) is 6.07 Å². The highest BCUT2D eigenvalue weighted by Gasteiger charge is 2.23. The molecule has 7 heteroatoms. The van der Waals surface area contributed by atoms with Gasteiger partial charge in [0.2, 0.25) is 0 Å². The fraction of sp³-hybridized carbons (Fsp3) is 0.300. The van der Waals surface area contributed by atoms with Gasteiger partial charge in [0.25, 0.3) is 5.91 Å². The Labute approximate surface area is 157 Å². The van der Waals surface area contributed by atoms with Crippen molar-refractivity contribution in [3.8, 4) is 5.75 Å². The molecule has 0 atom stereocenters. The first kappa shape index (κ1) is 18.7. The number of amides is 1. The number of carbonyl (C=O) groups is 2. The van der Waals surface area contributed by atoms with Crippen molar-refractivity contribution in [1.82, 2.24) is 4.90 Å². The lowest BCUT2D eigenvalue weighted by atomic mass is 10.2. The van der Waals surface area contributed by atoms with Crippen LogP contribution in [-0.2, 0) is 14.3 Å². The minimum Gasteiger partial charge on any atom is -0.482 e. The summed E-state index contributed by atoms with van der Waals surface area (Å²) < 4.78 is 24.1. The number of piperazine rings is 1. The van der Waals surface area contributed by atoms with Gasteiger partial charge in [0.05, 0.1) is 5.69 Å². The van der Waals surface area contributed by atoms with Crippen LogP contribution in [0.1, 0.15) is 0 Å². The first-order valence-electron chi connectivity index (χ1n) is 8.74. The number of para-hydroxylation sites is 2. The van der Waals surface area contributed by atoms with Crippen molar-refractivity contribution < 1.29 is 23.5 Å². The van der Waals surface area contributed by atoms with Crippen molar-refractivity contribution in [2.75, 3.05) is 44.3 Å². The van der Waals surface area contributed by atoms with Crippen molar-refractivity contribution >= 4 is 17.6 Å². The van der Waals surface area contributed by atoms with Crippen molar-refractivity contribution in [1.29, 1.82) is 0 Å². The minimum atomic E-state index is -0.600. The summed E-state index contributed by atoms with van der Waals surface area (Å²) in [5, 5.41) is 0. The van der Waals surface area contributed by atoms with Crippen LogP contribution in [0.3, 0.4) is 0 Å². The molecular formula is C20H21FN2O4. The second-order valence-corrected chi connectivity index (χ2v) is 6.08. The van der Waals surface area contributed by atoms with E-state index >= 15 is 0 Å². The number of ether oxygens (including phenoxy) is 2. The highest BCUT2D eigenvalue weighted by Crippen LogP contribution is 2.20. The Hall–Kier alpha value is -3.09. The number of carbonyl (C=O) groups excluding carboxylic acids is 2. The van der Waals surface area contributed by atoms with E-state index in [4.69, 9.17) is 9.47 Å². The molecule has 6 nitrogen and oxygen atoms in total. The molecule has 2 aromatic carbocycles. The second kappa shape index (κ2) is 9.02. The molecule has 1 heterocycles. The van der Waals surface area contributed by atoms with E-state index in [0.717, 1.165) is 0 Å². The highest BCUT2D eigenvalue weighted by molar-refractivity contribution is 5.81. The molecule has 0 radical (unpaired) electrons. The van der Waals surface area contributed by atoms with Crippen LogP contribution in [0.2, 0.25) is 0 Å². The van der Waals surface area contributed by atoms with Crippen LogP contribution in [0.25, 0.3) is 0 Å². The lowest BCUT2D eigenvalue weighted by Gasteiger charge is -2.36. The van der Waals surface area contributed by atoms with Crippen LogP contribution in [-0.4, -0.2) is 56.2 Å². The van der Waals surface area contributed by atoms with E-state index in [1.54, 1.807) is 47.4 Å². The normalized spacial score (nSPS) is 14.0. The monoisotopic (exact) mass is 372 g/mol. The number of anilines is 1. The second-order valence-electron chi connectivity index (χ2n) is 6.08. The summed E-state index contributed by atoms with van der Waals surface area (Å²) in [6.07, 6.45) is 0. The van der Waals surface area contributed by atoms with E-state index in [9.17, 15) is 14.0 Å². The Morgan fingerprint density at radius 2 is 1.56 bits per heavy atom. The SMILES string of the molecule is O=C(COc1ccccc1)OCC(=O)N1CCN(c2ccccc2F)CC1. The molecule has 0 aromatic heterocycles. The lowest BCUT2D eigenvalue weighted by molar-refractivity contribution is -0.153. The Balaban J connectivity index is 1.39. The highest BCUT2D eigenvalue weighted by atomic mass is 19.1. The number of hydrogen-bond acceptors (Lipinski definition) is 5. The van der Waals surface area contributed by atoms with Gasteiger partial charge in [-0.3, -0.25) is 4.79 Å². The summed E-state index contributed by atoms with van der Waals surface area (Å²) in [7, 11) is 0. The molecule has 1 aliphatic rings. The molecule has 0 bridgehead atoms. The predicted molar refractivity (Wildman–Crippen MR) is 98.1 cm³/mol. The summed E-state index contributed by atoms with van der Waals surface area (Å²) in [5.74, 6) is -0.580. The topological polar surface area (TPSA) is 59.1 Å². The molecule has 3 rings (SSSR count). The Morgan fingerprint density at radius 1 is 0.889 bits per heavy atom. The molecular weight excluding hydrogens is 351 g/mol. The first-order valence-corrected chi connectivity index (χ1v) is 8.74. The van der Waals surface area contributed by atoms with E-state index in [-0.39, 0.29) is 24.9 Å². The molecule has 1 saturated heterocycles. The van der Waals surface area contributed by atoms with Crippen molar-refractivity contribution in [3.63, 3.8) is 0 Å². The average molecular weight is 372 g/mol. The number of rotatable bonds is 6. The van der Waals surface area contributed by atoms with E-state index in [1.807, 2.05) is 11.0 Å². The van der Waals surface area contributed by atoms with Gasteiger partial charge in [-0.2, -0.15) is 0 Å². The van der Waals surface area contributed by atoms with Gasteiger partial charge in [0.1, 0.15) is 11.6 Å². The van der Waals surface area contributed by atoms with E-state index < -0.39 is 5.97 Å². The molecule has 1 fully saturated rings. The number of halogens is 1. The number of benzene rings is 2. The Bertz CT molecular complexity index is 777. The van der Waals surface area contributed by atoms with Crippen LogP contribution in [0.5, 0.6) is 5.75 Å². The smallest absolute Gasteiger partial charge is 0.344 e. The molecule has 142 valence electrons. The number of nitrogens with zero attached hydrogens (tertiary/aromatic N) is 2. The summed E-state index contributed by atoms with van der Waals surface area (Å²) in [6.45, 7) is 1.38. The summed E-state index contributed by atoms with van der Waals surface area (Å²) in [5.41, 5.74) is 0.536. The largest absolute Gasteiger partial charge is 0.482 e. The zero-order valence-corrected chi connectivity index (χ0v) is 14.8. The zero-order valence-electron chi connectivity index (χ0n) is 14.8. The number of hydrogen-bond donors (Lipinski definition) is 0. The molecule has 0 spiro atoms. The first-order chi connectivity index (χ1) is 13.1. The molecule has 0 N–H and O–H groups in total. The van der Waals surface area contributed by atoms with E-state index in [2.05, 4.69) is 0 Å². The minimum absolute atomic E-state index is 0.252. The van der Waals surface area contributed by atoms with Gasteiger partial charge in [-0.1, -0.05) is 30.3 Å². The summed E-state index contributed by atoms with van der Waals surface area (Å²) in [4.78, 5) is 27.4. The van der Waals surface area contributed by atoms with Crippen molar-refractivity contribution in [3.05, 3.63) is 60.4 Å². The fourth-order valence-corrected chi connectivity index (χ4v) is 2.84. The average Bonchev–Trinajstić information content (AvgIpc) is 2.72. The van der Waals surface area contributed by atoms with Crippen LogP contribution in [0, 0.1) is 5.82 Å². The lowest BCUT2D eigenvalue weighted by Crippen LogP contribution is -2.50. The van der Waals surface area contributed by atoms with Gasteiger partial charge < -0.3 is 19.3 Å². The predicted octanol–water partition coefficient (Wildman–Crippen LogP) is 2.10. The molecule has 1 amide bonds. The third kappa shape index (κ3) is 5.20. The van der Waals surface area contributed by atoms with Gasteiger partial charge in [-0.25, -0.2) is 9.18 Å². The molecule has 27 heavy (non-hydrogen) atoms. The quantitative estimate of drug-likeness (QED) is 0.727. The summed E-state index contributed by atoms with van der Waals surface area (Å²) in [6, 6.07) is 15.5. The number of esters is 1. The Morgan fingerprint density at radius 3 is 2.26 bits per heavy atom. The van der Waals surface area contributed by atoms with Gasteiger partial charge in [0, 0.05) is 26.2 Å². The van der Waals surface area contributed by atoms with Crippen LogP contribution in [0.4, 0.5) is 10.1 Å². The Kier molecular flexibility index (Phi) is 6.25. The fourth-order valence-electron chi connectivity index (χ4n) is 2.84. The van der Waals surface area contributed by atoms with Crippen LogP contribution < -0.4 is 9.64 Å². The molecule has 0 aliphatic carbocycles. The van der Waals surface area contributed by atoms with Gasteiger partial charge in [0.15, 0.2) is 13.2 Å². The molecule has 0 unspecified atom stereocenters. The molecule has 2 aromatic rings. The van der Waals surface area contributed by atoms with Crippen molar-refractivity contribution in [2.45, 2.75) is 0 Å². The third-order valence-electron chi connectivity index (χ3n) is 4.28. The van der Waals surface area contributed by atoms with Crippen LogP contribution >= 0.6 is 0 Å². The van der Waals surface area contributed by atoms with Crippen molar-refractivity contribution in [2.24, 2.45) is 0 Å². The van der Waals surface area contributed by atoms with E-state index in [0.29, 0.717) is 37.6 Å². The van der Waals surface area contributed by atoms with Gasteiger partial charge in [-0.05, 0) is 24.3 Å². The summed E-state index contributed by atoms with van der Waals surface area (Å²) >= 11 is 0. The maximum absolute atomic E-state index is 13.8. The maximum Gasteiger partial charge on any atom is 0.344 e. The van der Waals surface area contributed by atoms with Gasteiger partial charge >= 0.3 is 5.97 Å². The maximum atomic E-state index is 13.8. The zero-order chi connectivity index (χ0) is 19.1. The molecule has 1 aliphatic heterocycles. The van der Waals surface area contributed by atoms with Crippen LogP contribution in [0.15, 0.2) is 54.6 Å².